The fourth-order valence-corrected chi connectivity index (χ4v) is 3.28. The second kappa shape index (κ2) is 3.61. The quantitative estimate of drug-likeness (QED) is 0.690. The van der Waals surface area contributed by atoms with Crippen LogP contribution in [0.25, 0.3) is 0 Å². The molecule has 2 aliphatic carbocycles. The Morgan fingerprint density at radius 2 is 1.69 bits per heavy atom. The van der Waals surface area contributed by atoms with Gasteiger partial charge >= 0.3 is 0 Å². The molecule has 0 atom stereocenters. The summed E-state index contributed by atoms with van der Waals surface area (Å²) < 4.78 is 0. The second-order valence-electron chi connectivity index (χ2n) is 5.49. The van der Waals surface area contributed by atoms with Gasteiger partial charge in [-0.1, -0.05) is 33.1 Å². The third-order valence-electron chi connectivity index (χ3n) is 3.84. The van der Waals surface area contributed by atoms with Crippen molar-refractivity contribution in [3.8, 4) is 0 Å². The van der Waals surface area contributed by atoms with Crippen LogP contribution in [0.3, 0.4) is 0 Å². The van der Waals surface area contributed by atoms with E-state index in [9.17, 15) is 0 Å². The molecule has 0 heterocycles. The average molecular weight is 181 g/mol. The largest absolute Gasteiger partial charge is 0.312 e. The monoisotopic (exact) mass is 181 g/mol. The first-order valence-corrected chi connectivity index (χ1v) is 5.96. The zero-order chi connectivity index (χ0) is 9.31. The molecule has 76 valence electrons. The molecule has 0 saturated heterocycles. The highest BCUT2D eigenvalue weighted by Crippen LogP contribution is 2.51. The van der Waals surface area contributed by atoms with Crippen molar-refractivity contribution in [2.45, 2.75) is 70.9 Å². The van der Waals surface area contributed by atoms with E-state index in [-0.39, 0.29) is 0 Å². The van der Waals surface area contributed by atoms with E-state index in [2.05, 4.69) is 19.2 Å². The smallest absolute Gasteiger partial charge is 0.00800 e. The van der Waals surface area contributed by atoms with Crippen LogP contribution in [0.5, 0.6) is 0 Å². The molecule has 1 heteroatoms. The fraction of sp³-hybridized carbons (Fsp3) is 1.00. The van der Waals surface area contributed by atoms with Crippen LogP contribution in [0.1, 0.15) is 58.8 Å². The van der Waals surface area contributed by atoms with Crippen LogP contribution in [0, 0.1) is 5.41 Å². The van der Waals surface area contributed by atoms with Crippen LogP contribution in [-0.4, -0.2) is 12.1 Å². The third-order valence-corrected chi connectivity index (χ3v) is 3.84. The van der Waals surface area contributed by atoms with Crippen LogP contribution >= 0.6 is 0 Å². The van der Waals surface area contributed by atoms with Gasteiger partial charge < -0.3 is 5.32 Å². The molecule has 0 radical (unpaired) electrons. The molecule has 13 heavy (non-hydrogen) atoms. The maximum atomic E-state index is 3.65. The van der Waals surface area contributed by atoms with Gasteiger partial charge in [-0.2, -0.15) is 0 Å². The standard InChI is InChI=1S/C12H23N/c1-10(2)13-11-8-12(9-11)6-4-3-5-7-12/h10-11,13H,3-9H2,1-2H3. The molecule has 0 aromatic carbocycles. The minimum Gasteiger partial charge on any atom is -0.312 e. The van der Waals surface area contributed by atoms with E-state index >= 15 is 0 Å². The maximum absolute atomic E-state index is 3.65. The highest BCUT2D eigenvalue weighted by molar-refractivity contribution is 4.99. The van der Waals surface area contributed by atoms with Gasteiger partial charge in [0.25, 0.3) is 0 Å². The summed E-state index contributed by atoms with van der Waals surface area (Å²) in [5, 5.41) is 3.65. The van der Waals surface area contributed by atoms with Crippen molar-refractivity contribution in [2.24, 2.45) is 5.41 Å². The lowest BCUT2D eigenvalue weighted by Crippen LogP contribution is -2.51. The first kappa shape index (κ1) is 9.51. The Morgan fingerprint density at radius 3 is 2.23 bits per heavy atom. The first-order chi connectivity index (χ1) is 6.20. The maximum Gasteiger partial charge on any atom is 0.00800 e. The van der Waals surface area contributed by atoms with E-state index in [1.54, 1.807) is 0 Å². The van der Waals surface area contributed by atoms with Crippen LogP contribution in [0.2, 0.25) is 0 Å². The molecule has 2 fully saturated rings. The number of rotatable bonds is 2. The summed E-state index contributed by atoms with van der Waals surface area (Å²) in [6, 6.07) is 1.52. The van der Waals surface area contributed by atoms with Gasteiger partial charge in [0, 0.05) is 12.1 Å². The second-order valence-corrected chi connectivity index (χ2v) is 5.49. The summed E-state index contributed by atoms with van der Waals surface area (Å²) in [6.45, 7) is 4.51. The summed E-state index contributed by atoms with van der Waals surface area (Å²) in [6.07, 6.45) is 10.4. The predicted molar refractivity (Wildman–Crippen MR) is 56.8 cm³/mol. The SMILES string of the molecule is CC(C)NC1CC2(CCCCC2)C1. The van der Waals surface area contributed by atoms with Crippen molar-refractivity contribution in [1.29, 1.82) is 0 Å². The van der Waals surface area contributed by atoms with Crippen molar-refractivity contribution < 1.29 is 0 Å². The number of nitrogens with one attached hydrogen (secondary N) is 1. The van der Waals surface area contributed by atoms with Crippen molar-refractivity contribution >= 4 is 0 Å². The van der Waals surface area contributed by atoms with Gasteiger partial charge in [0.1, 0.15) is 0 Å². The van der Waals surface area contributed by atoms with Gasteiger partial charge in [-0.25, -0.2) is 0 Å². The molecule has 0 aromatic heterocycles. The van der Waals surface area contributed by atoms with Gasteiger partial charge in [0.15, 0.2) is 0 Å². The molecule has 0 aromatic rings. The van der Waals surface area contributed by atoms with Gasteiger partial charge in [-0.05, 0) is 31.1 Å². The number of hydrogen-bond acceptors (Lipinski definition) is 1. The molecular formula is C12H23N. The normalized spacial score (nSPS) is 27.9. The van der Waals surface area contributed by atoms with E-state index in [1.165, 1.54) is 44.9 Å². The van der Waals surface area contributed by atoms with Crippen LogP contribution in [0.4, 0.5) is 0 Å². The third kappa shape index (κ3) is 2.07. The van der Waals surface area contributed by atoms with Gasteiger partial charge in [-0.3, -0.25) is 0 Å². The van der Waals surface area contributed by atoms with Crippen molar-refractivity contribution in [2.75, 3.05) is 0 Å². The highest BCUT2D eigenvalue weighted by Gasteiger charge is 2.44. The van der Waals surface area contributed by atoms with Gasteiger partial charge in [-0.15, -0.1) is 0 Å². The Morgan fingerprint density at radius 1 is 1.08 bits per heavy atom. The molecule has 0 amide bonds. The zero-order valence-electron chi connectivity index (χ0n) is 9.10. The zero-order valence-corrected chi connectivity index (χ0v) is 9.10. The Bertz CT molecular complexity index is 160. The van der Waals surface area contributed by atoms with Crippen molar-refractivity contribution in [3.05, 3.63) is 0 Å². The topological polar surface area (TPSA) is 12.0 Å². The van der Waals surface area contributed by atoms with E-state index in [4.69, 9.17) is 0 Å². The molecule has 0 bridgehead atoms. The molecule has 1 nitrogen and oxygen atoms in total. The van der Waals surface area contributed by atoms with Gasteiger partial charge in [0.05, 0.1) is 0 Å². The van der Waals surface area contributed by atoms with Crippen LogP contribution < -0.4 is 5.32 Å². The molecule has 2 rings (SSSR count). The molecule has 1 N–H and O–H groups in total. The Kier molecular flexibility index (Phi) is 2.64. The summed E-state index contributed by atoms with van der Waals surface area (Å²) in [5.74, 6) is 0. The molecule has 2 saturated carbocycles. The fourth-order valence-electron chi connectivity index (χ4n) is 3.28. The molecule has 1 spiro atoms. The van der Waals surface area contributed by atoms with Crippen molar-refractivity contribution in [1.82, 2.24) is 5.32 Å². The molecule has 0 unspecified atom stereocenters. The van der Waals surface area contributed by atoms with Crippen LogP contribution in [0.15, 0.2) is 0 Å². The van der Waals surface area contributed by atoms with Gasteiger partial charge in [0.2, 0.25) is 0 Å². The summed E-state index contributed by atoms with van der Waals surface area (Å²) in [4.78, 5) is 0. The number of hydrogen-bond donors (Lipinski definition) is 1. The van der Waals surface area contributed by atoms with Crippen LogP contribution in [-0.2, 0) is 0 Å². The molecule has 2 aliphatic rings. The van der Waals surface area contributed by atoms with E-state index in [1.807, 2.05) is 0 Å². The molecular weight excluding hydrogens is 158 g/mol. The first-order valence-electron chi connectivity index (χ1n) is 5.96. The lowest BCUT2D eigenvalue weighted by Gasteiger charge is -2.51. The Labute approximate surface area is 82.3 Å². The Balaban J connectivity index is 1.75. The summed E-state index contributed by atoms with van der Waals surface area (Å²) in [7, 11) is 0. The van der Waals surface area contributed by atoms with E-state index < -0.39 is 0 Å². The van der Waals surface area contributed by atoms with E-state index in [0.717, 1.165) is 11.5 Å². The summed E-state index contributed by atoms with van der Waals surface area (Å²) in [5.41, 5.74) is 0.796. The predicted octanol–water partition coefficient (Wildman–Crippen LogP) is 3.10. The molecule has 0 aliphatic heterocycles. The van der Waals surface area contributed by atoms with E-state index in [0.29, 0.717) is 6.04 Å². The lowest BCUT2D eigenvalue weighted by molar-refractivity contribution is 0.0352. The minimum absolute atomic E-state index is 0.672. The Hall–Kier alpha value is -0.0400. The van der Waals surface area contributed by atoms with Crippen molar-refractivity contribution in [3.63, 3.8) is 0 Å². The lowest BCUT2D eigenvalue weighted by atomic mass is 9.58. The highest BCUT2D eigenvalue weighted by atomic mass is 15.0. The average Bonchev–Trinajstić information content (AvgIpc) is 2.02. The summed E-state index contributed by atoms with van der Waals surface area (Å²) >= 11 is 0. The minimum atomic E-state index is 0.672.